The third kappa shape index (κ3) is 55.0. The Morgan fingerprint density at radius 2 is 0.853 bits per heavy atom. The molecular formula is C65H112N2O7P+. The number of allylic oxidation sites excluding steroid dienone is 19. The standard InChI is InChI=1S/C65H111N2O7P/c1-7-10-13-16-19-22-25-28-30-32-33-34-35-36-38-40-43-46-49-52-55-58-65(69)74-63(56-53-50-47-44-41-27-24-21-18-15-12-9-3)62(61-73-75(70,71)72-60-59-67(4,5)6)66-64(68)57-54-51-48-45-42-39-37-31-29-26-23-20-17-14-11-8-2/h10-11,13-14,19-20,22-23,28-31,33-34,36,38-39,42,53,56,62-63H,7-9,12,15-18,21,24-27,32,35,37,40-41,43-52,54-55,57-61H2,1-6H3,(H-,66,68,70,71)/p+1/b13-10-,14-11+,22-19-,23-20+,30-28-,31-29+,34-33-,38-36-,42-39+,56-53+. The lowest BCUT2D eigenvalue weighted by Gasteiger charge is -2.27. The van der Waals surface area contributed by atoms with Crippen LogP contribution < -0.4 is 5.32 Å². The van der Waals surface area contributed by atoms with E-state index in [9.17, 15) is 19.0 Å². The Kier molecular flexibility index (Phi) is 51.2. The number of hydrogen-bond donors (Lipinski definition) is 2. The predicted molar refractivity (Wildman–Crippen MR) is 323 cm³/mol. The molecule has 0 radical (unpaired) electrons. The van der Waals surface area contributed by atoms with Gasteiger partial charge >= 0.3 is 13.8 Å². The number of likely N-dealkylation sites (N-methyl/N-ethyl adjacent to an activating group) is 1. The minimum Gasteiger partial charge on any atom is -0.456 e. The quantitative estimate of drug-likeness (QED) is 0.0205. The summed E-state index contributed by atoms with van der Waals surface area (Å²) in [4.78, 5) is 37.7. The van der Waals surface area contributed by atoms with Gasteiger partial charge < -0.3 is 19.4 Å². The van der Waals surface area contributed by atoms with Crippen LogP contribution in [0.3, 0.4) is 0 Å². The molecule has 2 N–H and O–H groups in total. The van der Waals surface area contributed by atoms with Crippen molar-refractivity contribution in [3.8, 4) is 0 Å². The van der Waals surface area contributed by atoms with Crippen molar-refractivity contribution < 1.29 is 37.3 Å². The Labute approximate surface area is 461 Å². The van der Waals surface area contributed by atoms with Crippen LogP contribution in [0.2, 0.25) is 0 Å². The molecule has 428 valence electrons. The van der Waals surface area contributed by atoms with Crippen molar-refractivity contribution in [3.05, 3.63) is 122 Å². The van der Waals surface area contributed by atoms with Gasteiger partial charge in [-0.1, -0.05) is 220 Å². The first-order valence-corrected chi connectivity index (χ1v) is 31.4. The van der Waals surface area contributed by atoms with Crippen LogP contribution in [0, 0.1) is 0 Å². The number of nitrogens with one attached hydrogen (secondary N) is 1. The van der Waals surface area contributed by atoms with E-state index in [2.05, 4.69) is 135 Å². The van der Waals surface area contributed by atoms with Gasteiger partial charge in [-0.3, -0.25) is 18.6 Å². The summed E-state index contributed by atoms with van der Waals surface area (Å²) < 4.78 is 30.6. The highest BCUT2D eigenvalue weighted by molar-refractivity contribution is 7.47. The Morgan fingerprint density at radius 3 is 1.29 bits per heavy atom. The molecule has 0 fully saturated rings. The van der Waals surface area contributed by atoms with E-state index in [4.69, 9.17) is 13.8 Å². The number of ether oxygens (including phenoxy) is 1. The number of nitrogens with zero attached hydrogens (tertiary/aromatic N) is 1. The average Bonchev–Trinajstić information content (AvgIpc) is 3.37. The number of quaternary nitrogens is 1. The van der Waals surface area contributed by atoms with Crippen LogP contribution in [-0.2, 0) is 27.9 Å². The molecule has 0 spiro atoms. The van der Waals surface area contributed by atoms with E-state index >= 15 is 0 Å². The molecule has 0 aliphatic rings. The van der Waals surface area contributed by atoms with Crippen molar-refractivity contribution in [2.24, 2.45) is 0 Å². The molecule has 0 aliphatic heterocycles. The largest absolute Gasteiger partial charge is 0.472 e. The molecule has 1 amide bonds. The second-order valence-corrected chi connectivity index (χ2v) is 22.2. The van der Waals surface area contributed by atoms with Gasteiger partial charge in [0.2, 0.25) is 5.91 Å². The molecule has 0 heterocycles. The number of carbonyl (C=O) groups excluding carboxylic acids is 2. The zero-order chi connectivity index (χ0) is 55.0. The first-order valence-electron chi connectivity index (χ1n) is 29.9. The van der Waals surface area contributed by atoms with Crippen LogP contribution in [-0.4, -0.2) is 74.3 Å². The summed E-state index contributed by atoms with van der Waals surface area (Å²) in [5.74, 6) is -0.573. The minimum absolute atomic E-state index is 0.0236. The molecule has 10 heteroatoms. The third-order valence-electron chi connectivity index (χ3n) is 12.4. The Balaban J connectivity index is 5.39. The van der Waals surface area contributed by atoms with E-state index in [0.717, 1.165) is 128 Å². The highest BCUT2D eigenvalue weighted by atomic mass is 31.2. The summed E-state index contributed by atoms with van der Waals surface area (Å²) in [6.07, 6.45) is 74.8. The van der Waals surface area contributed by atoms with Crippen LogP contribution in [0.4, 0.5) is 0 Å². The maximum absolute atomic E-state index is 13.5. The first-order chi connectivity index (χ1) is 36.4. The smallest absolute Gasteiger partial charge is 0.456 e. The fourth-order valence-electron chi connectivity index (χ4n) is 7.84. The second-order valence-electron chi connectivity index (χ2n) is 20.8. The molecule has 9 nitrogen and oxygen atoms in total. The van der Waals surface area contributed by atoms with E-state index in [0.29, 0.717) is 23.9 Å². The van der Waals surface area contributed by atoms with Crippen LogP contribution >= 0.6 is 7.82 Å². The summed E-state index contributed by atoms with van der Waals surface area (Å²) in [5.41, 5.74) is 0. The van der Waals surface area contributed by atoms with Gasteiger partial charge in [-0.25, -0.2) is 4.57 Å². The fourth-order valence-corrected chi connectivity index (χ4v) is 8.57. The van der Waals surface area contributed by atoms with Crippen molar-refractivity contribution >= 4 is 19.7 Å². The Morgan fingerprint density at radius 1 is 0.480 bits per heavy atom. The SMILES string of the molecule is CC/C=C\C/C=C\C/C=C\C/C=C\C/C=C\CCCCCCCC(=O)OC(/C=C/CCCCCCCCCCCC)C(COP(=O)(O)OCC[N+](C)(C)C)NC(=O)CCCCC/C=C/C/C=C/C/C=C/C/C=C/CC. The van der Waals surface area contributed by atoms with Crippen molar-refractivity contribution in [1.82, 2.24) is 5.32 Å². The van der Waals surface area contributed by atoms with Crippen molar-refractivity contribution in [2.75, 3.05) is 40.9 Å². The van der Waals surface area contributed by atoms with E-state index in [-0.39, 0.29) is 37.9 Å². The highest BCUT2D eigenvalue weighted by Crippen LogP contribution is 2.43. The number of amides is 1. The lowest BCUT2D eigenvalue weighted by molar-refractivity contribution is -0.870. The first kappa shape index (κ1) is 71.4. The normalized spacial score (nSPS) is 14.6. The molecule has 0 rings (SSSR count). The lowest BCUT2D eigenvalue weighted by atomic mass is 10.1. The minimum atomic E-state index is -4.47. The van der Waals surface area contributed by atoms with E-state index in [1.54, 1.807) is 0 Å². The number of unbranched alkanes of at least 4 members (excludes halogenated alkanes) is 18. The van der Waals surface area contributed by atoms with Crippen molar-refractivity contribution in [1.29, 1.82) is 0 Å². The number of rotatable bonds is 52. The van der Waals surface area contributed by atoms with E-state index in [1.807, 2.05) is 33.3 Å². The Hall–Kier alpha value is -3.59. The summed E-state index contributed by atoms with van der Waals surface area (Å²) >= 11 is 0. The number of hydrogen-bond acceptors (Lipinski definition) is 6. The fraction of sp³-hybridized carbons (Fsp3) is 0.662. The molecule has 0 aromatic heterocycles. The molecule has 0 bridgehead atoms. The summed E-state index contributed by atoms with van der Waals surface area (Å²) in [5, 5.41) is 3.02. The number of carbonyl (C=O) groups is 2. The summed E-state index contributed by atoms with van der Waals surface area (Å²) in [7, 11) is 1.44. The topological polar surface area (TPSA) is 111 Å². The van der Waals surface area contributed by atoms with E-state index in [1.165, 1.54) is 51.4 Å². The molecule has 75 heavy (non-hydrogen) atoms. The molecule has 0 saturated heterocycles. The van der Waals surface area contributed by atoms with Crippen LogP contribution in [0.1, 0.15) is 226 Å². The van der Waals surface area contributed by atoms with Gasteiger partial charge in [-0.15, -0.1) is 0 Å². The second kappa shape index (κ2) is 53.8. The third-order valence-corrected chi connectivity index (χ3v) is 13.4. The Bertz CT molecular complexity index is 1700. The van der Waals surface area contributed by atoms with Crippen molar-refractivity contribution in [3.63, 3.8) is 0 Å². The van der Waals surface area contributed by atoms with Gasteiger partial charge in [-0.2, -0.15) is 0 Å². The maximum atomic E-state index is 13.5. The number of phosphoric acid groups is 1. The van der Waals surface area contributed by atoms with Gasteiger partial charge in [0, 0.05) is 12.8 Å². The van der Waals surface area contributed by atoms with Crippen LogP contribution in [0.5, 0.6) is 0 Å². The summed E-state index contributed by atoms with van der Waals surface area (Å²) in [6, 6.07) is -0.881. The molecule has 3 unspecified atom stereocenters. The molecular weight excluding hydrogens is 952 g/mol. The van der Waals surface area contributed by atoms with Gasteiger partial charge in [0.1, 0.15) is 19.3 Å². The van der Waals surface area contributed by atoms with Gasteiger partial charge in [0.15, 0.2) is 0 Å². The molecule has 3 atom stereocenters. The lowest BCUT2D eigenvalue weighted by Crippen LogP contribution is -2.47. The highest BCUT2D eigenvalue weighted by Gasteiger charge is 2.30. The van der Waals surface area contributed by atoms with Crippen LogP contribution in [0.25, 0.3) is 0 Å². The molecule has 0 aromatic carbocycles. The van der Waals surface area contributed by atoms with E-state index < -0.39 is 20.0 Å². The maximum Gasteiger partial charge on any atom is 0.472 e. The van der Waals surface area contributed by atoms with Crippen LogP contribution in [0.15, 0.2) is 122 Å². The zero-order valence-electron chi connectivity index (χ0n) is 48.7. The number of phosphoric ester groups is 1. The average molecular weight is 1060 g/mol. The monoisotopic (exact) mass is 1060 g/mol. The zero-order valence-corrected chi connectivity index (χ0v) is 49.6. The predicted octanol–water partition coefficient (Wildman–Crippen LogP) is 18.3. The summed E-state index contributed by atoms with van der Waals surface area (Å²) in [6.45, 7) is 6.72. The van der Waals surface area contributed by atoms with Crippen molar-refractivity contribution in [2.45, 2.75) is 238 Å². The molecule has 0 saturated carbocycles. The molecule has 0 aliphatic carbocycles. The van der Waals surface area contributed by atoms with Gasteiger partial charge in [-0.05, 0) is 115 Å². The van der Waals surface area contributed by atoms with Gasteiger partial charge in [0.25, 0.3) is 0 Å². The number of esters is 1. The molecule has 0 aromatic rings. The van der Waals surface area contributed by atoms with Gasteiger partial charge in [0.05, 0.1) is 33.8 Å².